The summed E-state index contributed by atoms with van der Waals surface area (Å²) in [5.74, 6) is -0.992. The Morgan fingerprint density at radius 3 is 2.30 bits per heavy atom. The molecular weight excluding hydrogens is 439 g/mol. The van der Waals surface area contributed by atoms with Crippen LogP contribution >= 0.6 is 0 Å². The summed E-state index contributed by atoms with van der Waals surface area (Å²) in [4.78, 5) is 36.0. The number of ether oxygens (including phenoxy) is 1. The van der Waals surface area contributed by atoms with Crippen molar-refractivity contribution in [3.05, 3.63) is 47.2 Å². The van der Waals surface area contributed by atoms with Crippen LogP contribution in [-0.4, -0.2) is 30.3 Å². The van der Waals surface area contributed by atoms with E-state index in [1.165, 1.54) is 12.1 Å². The molecule has 2 rings (SSSR count). The summed E-state index contributed by atoms with van der Waals surface area (Å²) in [5.41, 5.74) is 0.510. The Morgan fingerprint density at radius 1 is 1.12 bits per heavy atom. The number of Topliss-reactive ketones (excluding diaryl/α,β-unsaturated/α-hetero) is 1. The van der Waals surface area contributed by atoms with Crippen LogP contribution in [0.25, 0.3) is 11.3 Å². The minimum atomic E-state index is -4.41. The van der Waals surface area contributed by atoms with E-state index in [-0.39, 0.29) is 31.3 Å². The van der Waals surface area contributed by atoms with Gasteiger partial charge in [0.15, 0.2) is 0 Å². The number of esters is 1. The van der Waals surface area contributed by atoms with Gasteiger partial charge in [-0.05, 0) is 49.9 Å². The van der Waals surface area contributed by atoms with E-state index in [1.54, 1.807) is 19.9 Å². The minimum Gasteiger partial charge on any atom is -0.461 e. The highest BCUT2D eigenvalue weighted by atomic mass is 19.4. The molecule has 1 unspecified atom stereocenters. The van der Waals surface area contributed by atoms with Crippen molar-refractivity contribution in [3.63, 3.8) is 0 Å². The van der Waals surface area contributed by atoms with E-state index in [0.29, 0.717) is 23.5 Å². The number of amides is 1. The molecule has 1 amide bonds. The SMILES string of the molecule is CCOC(=O)C(=O)CC(NC(=O)CCc1cc(-c2ccc(C(F)(F)F)cc2)oc1C)C(C)C. The lowest BCUT2D eigenvalue weighted by Crippen LogP contribution is -2.41. The highest BCUT2D eigenvalue weighted by Crippen LogP contribution is 2.32. The van der Waals surface area contributed by atoms with Crippen molar-refractivity contribution in [2.45, 2.75) is 59.2 Å². The second kappa shape index (κ2) is 11.2. The molecule has 1 aromatic heterocycles. The lowest BCUT2D eigenvalue weighted by molar-refractivity contribution is -0.154. The molecule has 2 aromatic rings. The van der Waals surface area contributed by atoms with E-state index in [1.807, 2.05) is 13.8 Å². The average Bonchev–Trinajstić information content (AvgIpc) is 3.11. The van der Waals surface area contributed by atoms with Gasteiger partial charge in [-0.25, -0.2) is 4.79 Å². The maximum atomic E-state index is 12.7. The molecule has 9 heteroatoms. The number of carbonyl (C=O) groups is 3. The van der Waals surface area contributed by atoms with Crippen LogP contribution in [-0.2, 0) is 31.7 Å². The zero-order valence-electron chi connectivity index (χ0n) is 19.0. The quantitative estimate of drug-likeness (QED) is 0.398. The predicted molar refractivity (Wildman–Crippen MR) is 115 cm³/mol. The second-order valence-electron chi connectivity index (χ2n) is 8.03. The first kappa shape index (κ1) is 26.2. The summed E-state index contributed by atoms with van der Waals surface area (Å²) >= 11 is 0. The Hall–Kier alpha value is -3.10. The van der Waals surface area contributed by atoms with Crippen LogP contribution in [0.2, 0.25) is 0 Å². The van der Waals surface area contributed by atoms with Gasteiger partial charge in [-0.3, -0.25) is 9.59 Å². The summed E-state index contributed by atoms with van der Waals surface area (Å²) < 4.78 is 48.6. The first-order valence-corrected chi connectivity index (χ1v) is 10.7. The molecule has 33 heavy (non-hydrogen) atoms. The number of furan rings is 1. The fourth-order valence-corrected chi connectivity index (χ4v) is 3.21. The molecule has 0 aliphatic heterocycles. The highest BCUT2D eigenvalue weighted by molar-refractivity contribution is 6.33. The Morgan fingerprint density at radius 2 is 1.76 bits per heavy atom. The molecule has 180 valence electrons. The average molecular weight is 467 g/mol. The first-order valence-electron chi connectivity index (χ1n) is 10.7. The van der Waals surface area contributed by atoms with Gasteiger partial charge in [0.25, 0.3) is 0 Å². The van der Waals surface area contributed by atoms with Gasteiger partial charge in [-0.1, -0.05) is 26.0 Å². The summed E-state index contributed by atoms with van der Waals surface area (Å²) in [6.45, 7) is 7.09. The summed E-state index contributed by atoms with van der Waals surface area (Å²) in [6, 6.07) is 5.85. The molecule has 1 N–H and O–H groups in total. The molecule has 0 aliphatic rings. The highest BCUT2D eigenvalue weighted by Gasteiger charge is 2.30. The number of rotatable bonds is 10. The zero-order valence-corrected chi connectivity index (χ0v) is 19.0. The van der Waals surface area contributed by atoms with Crippen molar-refractivity contribution in [1.82, 2.24) is 5.32 Å². The van der Waals surface area contributed by atoms with E-state index < -0.39 is 29.5 Å². The van der Waals surface area contributed by atoms with Gasteiger partial charge in [0.05, 0.1) is 12.2 Å². The number of hydrogen-bond donors (Lipinski definition) is 1. The maximum absolute atomic E-state index is 12.7. The zero-order chi connectivity index (χ0) is 24.8. The van der Waals surface area contributed by atoms with Crippen LogP contribution in [0.5, 0.6) is 0 Å². The van der Waals surface area contributed by atoms with Crippen molar-refractivity contribution in [1.29, 1.82) is 0 Å². The van der Waals surface area contributed by atoms with Gasteiger partial charge in [0.1, 0.15) is 11.5 Å². The van der Waals surface area contributed by atoms with Crippen LogP contribution in [0.3, 0.4) is 0 Å². The number of benzene rings is 1. The molecule has 0 fully saturated rings. The van der Waals surface area contributed by atoms with Crippen molar-refractivity contribution in [3.8, 4) is 11.3 Å². The van der Waals surface area contributed by atoms with Gasteiger partial charge < -0.3 is 14.5 Å². The number of alkyl halides is 3. The van der Waals surface area contributed by atoms with Crippen molar-refractivity contribution < 1.29 is 36.7 Å². The van der Waals surface area contributed by atoms with E-state index in [2.05, 4.69) is 5.32 Å². The van der Waals surface area contributed by atoms with Gasteiger partial charge in [-0.2, -0.15) is 13.2 Å². The smallest absolute Gasteiger partial charge is 0.416 e. The van der Waals surface area contributed by atoms with Crippen molar-refractivity contribution >= 4 is 17.7 Å². The number of halogens is 3. The van der Waals surface area contributed by atoms with E-state index in [9.17, 15) is 27.6 Å². The van der Waals surface area contributed by atoms with E-state index >= 15 is 0 Å². The van der Waals surface area contributed by atoms with Crippen LogP contribution in [0, 0.1) is 12.8 Å². The standard InChI is InChI=1S/C24H28F3NO5/c1-5-32-23(31)20(29)13-19(14(2)3)28-22(30)11-8-17-12-21(33-15(17)4)16-6-9-18(10-7-16)24(25,26)27/h6-7,9-10,12,14,19H,5,8,11,13H2,1-4H3,(H,28,30). The Labute approximate surface area is 190 Å². The molecule has 0 radical (unpaired) electrons. The fourth-order valence-electron chi connectivity index (χ4n) is 3.21. The normalized spacial score (nSPS) is 12.5. The van der Waals surface area contributed by atoms with Gasteiger partial charge in [-0.15, -0.1) is 0 Å². The van der Waals surface area contributed by atoms with Crippen LogP contribution < -0.4 is 5.32 Å². The monoisotopic (exact) mass is 467 g/mol. The fraction of sp³-hybridized carbons (Fsp3) is 0.458. The van der Waals surface area contributed by atoms with Crippen LogP contribution in [0.15, 0.2) is 34.7 Å². The lowest BCUT2D eigenvalue weighted by atomic mass is 9.98. The molecule has 0 saturated carbocycles. The number of carbonyl (C=O) groups excluding carboxylic acids is 3. The molecular formula is C24H28F3NO5. The van der Waals surface area contributed by atoms with Gasteiger partial charge >= 0.3 is 12.1 Å². The predicted octanol–water partition coefficient (Wildman–Crippen LogP) is 4.87. The number of ketones is 1. The molecule has 0 bridgehead atoms. The minimum absolute atomic E-state index is 0.0748. The molecule has 1 aromatic carbocycles. The summed E-state index contributed by atoms with van der Waals surface area (Å²) in [5, 5.41) is 2.79. The number of hydrogen-bond acceptors (Lipinski definition) is 5. The van der Waals surface area contributed by atoms with Crippen LogP contribution in [0.4, 0.5) is 13.2 Å². The first-order chi connectivity index (χ1) is 15.4. The topological polar surface area (TPSA) is 85.6 Å². The van der Waals surface area contributed by atoms with Crippen molar-refractivity contribution in [2.75, 3.05) is 6.61 Å². The lowest BCUT2D eigenvalue weighted by Gasteiger charge is -2.21. The Balaban J connectivity index is 1.98. The molecule has 1 atom stereocenters. The van der Waals surface area contributed by atoms with E-state index in [4.69, 9.17) is 9.15 Å². The third kappa shape index (κ3) is 7.47. The summed E-state index contributed by atoms with van der Waals surface area (Å²) in [6.07, 6.45) is -4.10. The summed E-state index contributed by atoms with van der Waals surface area (Å²) in [7, 11) is 0. The Bertz CT molecular complexity index is 977. The molecule has 0 saturated heterocycles. The third-order valence-electron chi connectivity index (χ3n) is 5.20. The van der Waals surface area contributed by atoms with Gasteiger partial charge in [0, 0.05) is 24.4 Å². The van der Waals surface area contributed by atoms with Gasteiger partial charge in [0.2, 0.25) is 11.7 Å². The largest absolute Gasteiger partial charge is 0.461 e. The van der Waals surface area contributed by atoms with Crippen LogP contribution in [0.1, 0.15) is 50.5 Å². The number of aryl methyl sites for hydroxylation is 2. The molecule has 0 spiro atoms. The molecule has 6 nitrogen and oxygen atoms in total. The van der Waals surface area contributed by atoms with E-state index in [0.717, 1.165) is 17.7 Å². The molecule has 1 heterocycles. The Kier molecular flexibility index (Phi) is 8.84. The third-order valence-corrected chi connectivity index (χ3v) is 5.20. The number of nitrogens with one attached hydrogen (secondary N) is 1. The second-order valence-corrected chi connectivity index (χ2v) is 8.03. The van der Waals surface area contributed by atoms with Crippen molar-refractivity contribution in [2.24, 2.45) is 5.92 Å². The maximum Gasteiger partial charge on any atom is 0.416 e. The molecule has 0 aliphatic carbocycles.